The van der Waals surface area contributed by atoms with E-state index in [1.165, 1.54) is 45.7 Å². The lowest BCUT2D eigenvalue weighted by molar-refractivity contribution is 0.136. The first-order chi connectivity index (χ1) is 14.2. The zero-order valence-electron chi connectivity index (χ0n) is 18.7. The van der Waals surface area contributed by atoms with Gasteiger partial charge in [0.2, 0.25) is 0 Å². The summed E-state index contributed by atoms with van der Waals surface area (Å²) in [4.78, 5) is 9.82. The predicted octanol–water partition coefficient (Wildman–Crippen LogP) is 2.89. The maximum atomic E-state index is 5.58. The van der Waals surface area contributed by atoms with Gasteiger partial charge in [-0.2, -0.15) is 0 Å². The minimum atomic E-state index is 0.613. The van der Waals surface area contributed by atoms with Gasteiger partial charge < -0.3 is 29.9 Å². The van der Waals surface area contributed by atoms with Gasteiger partial charge in [0.15, 0.2) is 17.5 Å². The van der Waals surface area contributed by atoms with Crippen LogP contribution < -0.4 is 20.1 Å². The maximum Gasteiger partial charge on any atom is 0.195 e. The van der Waals surface area contributed by atoms with E-state index in [9.17, 15) is 0 Å². The van der Waals surface area contributed by atoms with Crippen LogP contribution >= 0.6 is 0 Å². The number of hydrogen-bond donors (Lipinski definition) is 2. The van der Waals surface area contributed by atoms with Crippen molar-refractivity contribution in [2.45, 2.75) is 33.6 Å². The highest BCUT2D eigenvalue weighted by molar-refractivity contribution is 5.93. The van der Waals surface area contributed by atoms with Gasteiger partial charge in [0.1, 0.15) is 0 Å². The molecule has 2 rings (SSSR count). The largest absolute Gasteiger partial charge is 0.493 e. The van der Waals surface area contributed by atoms with Gasteiger partial charge >= 0.3 is 0 Å². The summed E-state index contributed by atoms with van der Waals surface area (Å²) in [5, 5.41) is 6.67. The Morgan fingerprint density at radius 3 is 2.45 bits per heavy atom. The number of likely N-dealkylation sites (N-methyl/N-ethyl adjacent to an activating group) is 1. The van der Waals surface area contributed by atoms with E-state index in [1.807, 2.05) is 25.1 Å². The molecule has 0 unspecified atom stereocenters. The molecule has 0 atom stereocenters. The van der Waals surface area contributed by atoms with Gasteiger partial charge in [0, 0.05) is 51.0 Å². The normalized spacial score (nSPS) is 15.9. The van der Waals surface area contributed by atoms with E-state index in [1.54, 1.807) is 7.11 Å². The van der Waals surface area contributed by atoms with Crippen LogP contribution in [-0.4, -0.2) is 81.8 Å². The molecule has 0 bridgehead atoms. The Morgan fingerprint density at radius 2 is 1.79 bits per heavy atom. The number of anilines is 1. The van der Waals surface area contributed by atoms with E-state index >= 15 is 0 Å². The molecule has 29 heavy (non-hydrogen) atoms. The molecule has 1 aromatic rings. The molecule has 7 nitrogen and oxygen atoms in total. The molecule has 1 heterocycles. The molecule has 0 aromatic heterocycles. The second-order valence-corrected chi connectivity index (χ2v) is 7.17. The zero-order chi connectivity index (χ0) is 20.9. The summed E-state index contributed by atoms with van der Waals surface area (Å²) in [7, 11) is 1.66. The first-order valence-electron chi connectivity index (χ1n) is 11.0. The first kappa shape index (κ1) is 23.3. The molecule has 0 radical (unpaired) electrons. The van der Waals surface area contributed by atoms with Crippen molar-refractivity contribution in [3.63, 3.8) is 0 Å². The monoisotopic (exact) mass is 405 g/mol. The number of nitrogens with zero attached hydrogens (tertiary/aromatic N) is 3. The summed E-state index contributed by atoms with van der Waals surface area (Å²) in [6, 6.07) is 5.84. The zero-order valence-corrected chi connectivity index (χ0v) is 18.7. The quantitative estimate of drug-likeness (QED) is 0.335. The average molecular weight is 406 g/mol. The number of piperazine rings is 1. The van der Waals surface area contributed by atoms with Crippen molar-refractivity contribution in [1.82, 2.24) is 15.1 Å². The topological polar surface area (TPSA) is 61.4 Å². The highest BCUT2D eigenvalue weighted by atomic mass is 16.5. The van der Waals surface area contributed by atoms with Crippen LogP contribution in [0.1, 0.15) is 33.6 Å². The summed E-state index contributed by atoms with van der Waals surface area (Å²) in [5.74, 6) is 2.27. The molecule has 1 aliphatic heterocycles. The van der Waals surface area contributed by atoms with Gasteiger partial charge in [0.05, 0.1) is 13.7 Å². The number of ether oxygens (including phenoxy) is 2. The summed E-state index contributed by atoms with van der Waals surface area (Å²) in [6.07, 6.45) is 2.28. The van der Waals surface area contributed by atoms with Crippen LogP contribution in [0.25, 0.3) is 0 Å². The van der Waals surface area contributed by atoms with Gasteiger partial charge in [-0.15, -0.1) is 0 Å². The van der Waals surface area contributed by atoms with Crippen molar-refractivity contribution in [2.75, 3.05) is 71.4 Å². The van der Waals surface area contributed by atoms with Crippen molar-refractivity contribution in [3.05, 3.63) is 18.2 Å². The minimum Gasteiger partial charge on any atom is -0.493 e. The number of nitrogens with one attached hydrogen (secondary N) is 2. The number of guanidine groups is 1. The third kappa shape index (κ3) is 8.11. The van der Waals surface area contributed by atoms with Gasteiger partial charge in [-0.1, -0.05) is 6.92 Å². The fourth-order valence-electron chi connectivity index (χ4n) is 3.43. The van der Waals surface area contributed by atoms with Crippen LogP contribution in [-0.2, 0) is 0 Å². The van der Waals surface area contributed by atoms with Crippen LogP contribution in [0.3, 0.4) is 0 Å². The SMILES string of the molecule is CCNC(=NCCCCN1CCN(CC)CC1)Nc1ccc(OCC)c(OC)c1. The lowest BCUT2D eigenvalue weighted by atomic mass is 10.2. The fraction of sp³-hybridized carbons (Fsp3) is 0.682. The van der Waals surface area contributed by atoms with Gasteiger partial charge in [-0.3, -0.25) is 4.99 Å². The van der Waals surface area contributed by atoms with Crippen molar-refractivity contribution in [3.8, 4) is 11.5 Å². The molecule has 0 amide bonds. The first-order valence-corrected chi connectivity index (χ1v) is 11.0. The van der Waals surface area contributed by atoms with Crippen molar-refractivity contribution in [1.29, 1.82) is 0 Å². The summed E-state index contributed by atoms with van der Waals surface area (Å²) < 4.78 is 11.0. The molecule has 0 saturated carbocycles. The third-order valence-electron chi connectivity index (χ3n) is 5.13. The summed E-state index contributed by atoms with van der Waals surface area (Å²) in [5.41, 5.74) is 0.929. The van der Waals surface area contributed by atoms with E-state index in [4.69, 9.17) is 14.5 Å². The number of aliphatic imine (C=N–C) groups is 1. The Balaban J connectivity index is 1.79. The number of methoxy groups -OCH3 is 1. The van der Waals surface area contributed by atoms with E-state index in [0.717, 1.165) is 42.7 Å². The summed E-state index contributed by atoms with van der Waals surface area (Å²) >= 11 is 0. The molecule has 0 aliphatic carbocycles. The van der Waals surface area contributed by atoms with Crippen molar-refractivity contribution < 1.29 is 9.47 Å². The fourth-order valence-corrected chi connectivity index (χ4v) is 3.43. The molecule has 7 heteroatoms. The second-order valence-electron chi connectivity index (χ2n) is 7.17. The molecule has 1 aliphatic rings. The molecular weight excluding hydrogens is 366 g/mol. The second kappa shape index (κ2) is 13.3. The maximum absolute atomic E-state index is 5.58. The molecule has 1 saturated heterocycles. The minimum absolute atomic E-state index is 0.613. The number of hydrogen-bond acceptors (Lipinski definition) is 5. The highest BCUT2D eigenvalue weighted by Crippen LogP contribution is 2.30. The van der Waals surface area contributed by atoms with Gasteiger partial charge in [-0.25, -0.2) is 0 Å². The van der Waals surface area contributed by atoms with Crippen LogP contribution in [0, 0.1) is 0 Å². The van der Waals surface area contributed by atoms with Crippen LogP contribution in [0.5, 0.6) is 11.5 Å². The average Bonchev–Trinajstić information content (AvgIpc) is 2.75. The van der Waals surface area contributed by atoms with E-state index in [2.05, 4.69) is 34.3 Å². The Morgan fingerprint density at radius 1 is 1.03 bits per heavy atom. The Bertz CT molecular complexity index is 615. The van der Waals surface area contributed by atoms with E-state index < -0.39 is 0 Å². The Hall–Kier alpha value is -1.99. The highest BCUT2D eigenvalue weighted by Gasteiger charge is 2.14. The van der Waals surface area contributed by atoms with Gasteiger partial charge in [0.25, 0.3) is 0 Å². The van der Waals surface area contributed by atoms with Gasteiger partial charge in [-0.05, 0) is 51.9 Å². The molecule has 0 spiro atoms. The molecule has 164 valence electrons. The van der Waals surface area contributed by atoms with Crippen LogP contribution in [0.2, 0.25) is 0 Å². The molecule has 2 N–H and O–H groups in total. The Kier molecular flexibility index (Phi) is 10.7. The predicted molar refractivity (Wildman–Crippen MR) is 122 cm³/mol. The smallest absolute Gasteiger partial charge is 0.195 e. The van der Waals surface area contributed by atoms with E-state index in [0.29, 0.717) is 6.61 Å². The van der Waals surface area contributed by atoms with E-state index in [-0.39, 0.29) is 0 Å². The molecule has 1 aromatic carbocycles. The number of benzene rings is 1. The van der Waals surface area contributed by atoms with Crippen LogP contribution in [0.15, 0.2) is 23.2 Å². The third-order valence-corrected chi connectivity index (χ3v) is 5.13. The molecular formula is C22H39N5O2. The lowest BCUT2D eigenvalue weighted by Gasteiger charge is -2.33. The van der Waals surface area contributed by atoms with Crippen molar-refractivity contribution >= 4 is 11.6 Å². The lowest BCUT2D eigenvalue weighted by Crippen LogP contribution is -2.46. The van der Waals surface area contributed by atoms with Crippen LogP contribution in [0.4, 0.5) is 5.69 Å². The number of unbranched alkanes of at least 4 members (excludes halogenated alkanes) is 1. The summed E-state index contributed by atoms with van der Waals surface area (Å²) in [6.45, 7) is 15.7. The van der Waals surface area contributed by atoms with Crippen molar-refractivity contribution in [2.24, 2.45) is 4.99 Å². The molecule has 1 fully saturated rings. The number of rotatable bonds is 11. The Labute approximate surface area is 176 Å². The standard InChI is InChI=1S/C22H39N5O2/c1-5-23-22(25-19-10-11-20(29-7-3)21(18-19)28-4)24-12-8-9-13-27-16-14-26(6-2)15-17-27/h10-11,18H,5-9,12-17H2,1-4H3,(H2,23,24,25).